The lowest BCUT2D eigenvalue weighted by Crippen LogP contribution is -2.27. The van der Waals surface area contributed by atoms with Crippen molar-refractivity contribution in [3.8, 4) is 0 Å². The van der Waals surface area contributed by atoms with Gasteiger partial charge in [0.2, 0.25) is 0 Å². The Morgan fingerprint density at radius 2 is 2.23 bits per heavy atom. The molecule has 13 heavy (non-hydrogen) atoms. The van der Waals surface area contributed by atoms with Crippen LogP contribution in [0.5, 0.6) is 0 Å². The second kappa shape index (κ2) is 3.10. The van der Waals surface area contributed by atoms with E-state index in [1.165, 1.54) is 12.8 Å². The minimum Gasteiger partial charge on any atom is -0.395 e. The molecule has 1 fully saturated rings. The average Bonchev–Trinajstić information content (AvgIpc) is 2.73. The maximum atomic E-state index is 9.40. The van der Waals surface area contributed by atoms with Crippen LogP contribution >= 0.6 is 0 Å². The van der Waals surface area contributed by atoms with Crippen LogP contribution in [0.3, 0.4) is 0 Å². The highest BCUT2D eigenvalue weighted by atomic mass is 16.3. The normalized spacial score (nSPS) is 20.8. The zero-order valence-electron chi connectivity index (χ0n) is 7.90. The highest BCUT2D eigenvalue weighted by molar-refractivity contribution is 5.14. The number of hydrogen-bond donors (Lipinski definition) is 1. The van der Waals surface area contributed by atoms with E-state index in [2.05, 4.69) is 10.3 Å². The number of aryl methyl sites for hydroxylation is 1. The fourth-order valence-corrected chi connectivity index (χ4v) is 2.14. The quantitative estimate of drug-likeness (QED) is 0.727. The molecule has 0 radical (unpaired) electrons. The minimum absolute atomic E-state index is 0.0890. The Morgan fingerprint density at radius 1 is 1.54 bits per heavy atom. The first-order chi connectivity index (χ1) is 6.27. The van der Waals surface area contributed by atoms with E-state index in [-0.39, 0.29) is 12.0 Å². The molecule has 0 bridgehead atoms. The Hall–Kier alpha value is -0.900. The van der Waals surface area contributed by atoms with Gasteiger partial charge >= 0.3 is 0 Å². The summed E-state index contributed by atoms with van der Waals surface area (Å²) in [6.45, 7) is 0.200. The van der Waals surface area contributed by atoms with Crippen LogP contribution in [-0.2, 0) is 12.5 Å². The molecule has 0 aromatic carbocycles. The molecular formula is C9H15N3O. The third kappa shape index (κ3) is 1.35. The van der Waals surface area contributed by atoms with Gasteiger partial charge in [-0.3, -0.25) is 4.68 Å². The maximum Gasteiger partial charge on any atom is 0.0911 e. The molecule has 4 nitrogen and oxygen atoms in total. The molecule has 0 amide bonds. The molecular weight excluding hydrogens is 166 g/mol. The summed E-state index contributed by atoms with van der Waals surface area (Å²) >= 11 is 0. The Kier molecular flexibility index (Phi) is 2.07. The van der Waals surface area contributed by atoms with E-state index in [4.69, 9.17) is 0 Å². The van der Waals surface area contributed by atoms with Gasteiger partial charge in [0.05, 0.1) is 12.3 Å². The summed E-state index contributed by atoms with van der Waals surface area (Å²) in [5.41, 5.74) is 0.865. The van der Waals surface area contributed by atoms with E-state index in [9.17, 15) is 5.11 Å². The number of aromatic nitrogens is 3. The number of hydrogen-bond acceptors (Lipinski definition) is 3. The van der Waals surface area contributed by atoms with Gasteiger partial charge in [-0.15, -0.1) is 5.10 Å². The fourth-order valence-electron chi connectivity index (χ4n) is 2.14. The number of nitrogens with zero attached hydrogens (tertiary/aromatic N) is 3. The van der Waals surface area contributed by atoms with Crippen molar-refractivity contribution >= 4 is 0 Å². The van der Waals surface area contributed by atoms with Gasteiger partial charge in [-0.1, -0.05) is 18.1 Å². The van der Waals surface area contributed by atoms with Crippen molar-refractivity contribution in [2.75, 3.05) is 6.61 Å². The highest BCUT2D eigenvalue weighted by Crippen LogP contribution is 2.39. The van der Waals surface area contributed by atoms with Crippen LogP contribution < -0.4 is 0 Å². The van der Waals surface area contributed by atoms with Crippen LogP contribution in [0.4, 0.5) is 0 Å². The van der Waals surface area contributed by atoms with Gasteiger partial charge in [0.1, 0.15) is 0 Å². The first kappa shape index (κ1) is 8.69. The number of rotatable bonds is 2. The molecule has 72 valence electrons. The van der Waals surface area contributed by atoms with E-state index in [1.54, 1.807) is 4.68 Å². The van der Waals surface area contributed by atoms with Crippen molar-refractivity contribution in [2.45, 2.75) is 31.1 Å². The number of aliphatic hydroxyl groups is 1. The van der Waals surface area contributed by atoms with Crippen molar-refractivity contribution in [3.63, 3.8) is 0 Å². The van der Waals surface area contributed by atoms with Crippen LogP contribution in [0, 0.1) is 0 Å². The van der Waals surface area contributed by atoms with E-state index in [1.807, 2.05) is 13.2 Å². The lowest BCUT2D eigenvalue weighted by molar-refractivity contribution is 0.192. The van der Waals surface area contributed by atoms with Gasteiger partial charge in [-0.25, -0.2) is 0 Å². The smallest absolute Gasteiger partial charge is 0.0911 e. The zero-order chi connectivity index (χ0) is 9.31. The van der Waals surface area contributed by atoms with Gasteiger partial charge in [-0.05, 0) is 12.8 Å². The van der Waals surface area contributed by atoms with Gasteiger partial charge < -0.3 is 5.11 Å². The molecule has 4 heteroatoms. The molecule has 1 aliphatic rings. The van der Waals surface area contributed by atoms with Crippen LogP contribution in [0.1, 0.15) is 31.4 Å². The zero-order valence-corrected chi connectivity index (χ0v) is 7.90. The van der Waals surface area contributed by atoms with Crippen molar-refractivity contribution in [1.82, 2.24) is 15.0 Å². The van der Waals surface area contributed by atoms with Crippen LogP contribution in [0.2, 0.25) is 0 Å². The standard InChI is InChI=1S/C9H15N3O/c1-12-6-8(10-11-12)9(7-13)4-2-3-5-9/h6,13H,2-5,7H2,1H3. The SMILES string of the molecule is Cn1cc(C2(CO)CCCC2)nn1. The maximum absolute atomic E-state index is 9.40. The first-order valence-corrected chi connectivity index (χ1v) is 4.74. The largest absolute Gasteiger partial charge is 0.395 e. The van der Waals surface area contributed by atoms with Crippen LogP contribution in [-0.4, -0.2) is 26.7 Å². The molecule has 1 saturated carbocycles. The molecule has 2 rings (SSSR count). The third-order valence-electron chi connectivity index (χ3n) is 3.01. The van der Waals surface area contributed by atoms with Crippen LogP contribution in [0.15, 0.2) is 6.20 Å². The summed E-state index contributed by atoms with van der Waals surface area (Å²) in [6.07, 6.45) is 6.39. The van der Waals surface area contributed by atoms with Crippen molar-refractivity contribution in [3.05, 3.63) is 11.9 Å². The Bertz CT molecular complexity index is 289. The van der Waals surface area contributed by atoms with Gasteiger partial charge in [0.25, 0.3) is 0 Å². The Labute approximate surface area is 77.6 Å². The average molecular weight is 181 g/mol. The van der Waals surface area contributed by atoms with E-state index in [0.29, 0.717) is 0 Å². The summed E-state index contributed by atoms with van der Waals surface area (Å²) in [6, 6.07) is 0. The summed E-state index contributed by atoms with van der Waals surface area (Å²) in [5, 5.41) is 17.4. The van der Waals surface area contributed by atoms with Gasteiger partial charge in [0.15, 0.2) is 0 Å². The molecule has 0 aliphatic heterocycles. The van der Waals surface area contributed by atoms with Crippen molar-refractivity contribution in [2.24, 2.45) is 7.05 Å². The molecule has 1 N–H and O–H groups in total. The molecule has 0 saturated heterocycles. The topological polar surface area (TPSA) is 50.9 Å². The summed E-state index contributed by atoms with van der Waals surface area (Å²) in [4.78, 5) is 0. The Morgan fingerprint density at radius 3 is 2.69 bits per heavy atom. The second-order valence-corrected chi connectivity index (χ2v) is 3.92. The molecule has 1 aromatic heterocycles. The summed E-state index contributed by atoms with van der Waals surface area (Å²) in [7, 11) is 1.86. The third-order valence-corrected chi connectivity index (χ3v) is 3.01. The van der Waals surface area contributed by atoms with Gasteiger partial charge in [-0.2, -0.15) is 0 Å². The fraction of sp³-hybridized carbons (Fsp3) is 0.778. The van der Waals surface area contributed by atoms with E-state index >= 15 is 0 Å². The van der Waals surface area contributed by atoms with Crippen molar-refractivity contribution in [1.29, 1.82) is 0 Å². The molecule has 0 spiro atoms. The molecule has 1 aromatic rings. The molecule has 0 unspecified atom stereocenters. The highest BCUT2D eigenvalue weighted by Gasteiger charge is 2.37. The lowest BCUT2D eigenvalue weighted by Gasteiger charge is -2.22. The lowest BCUT2D eigenvalue weighted by atomic mass is 9.84. The predicted molar refractivity (Wildman–Crippen MR) is 48.2 cm³/mol. The minimum atomic E-state index is -0.0890. The Balaban J connectivity index is 2.30. The first-order valence-electron chi connectivity index (χ1n) is 4.74. The molecule has 0 atom stereocenters. The molecule has 1 heterocycles. The summed E-state index contributed by atoms with van der Waals surface area (Å²) in [5.74, 6) is 0. The van der Waals surface area contributed by atoms with Crippen LogP contribution in [0.25, 0.3) is 0 Å². The van der Waals surface area contributed by atoms with E-state index < -0.39 is 0 Å². The van der Waals surface area contributed by atoms with E-state index in [0.717, 1.165) is 18.5 Å². The van der Waals surface area contributed by atoms with Crippen molar-refractivity contribution < 1.29 is 5.11 Å². The second-order valence-electron chi connectivity index (χ2n) is 3.92. The van der Waals surface area contributed by atoms with Gasteiger partial charge in [0, 0.05) is 18.7 Å². The monoisotopic (exact) mass is 181 g/mol. The molecule has 1 aliphatic carbocycles. The number of aliphatic hydroxyl groups excluding tert-OH is 1. The predicted octanol–water partition coefficient (Wildman–Crippen LogP) is 0.619. The summed E-state index contributed by atoms with van der Waals surface area (Å²) < 4.78 is 1.70.